The Labute approximate surface area is 191 Å². The van der Waals surface area contributed by atoms with E-state index in [4.69, 9.17) is 11.6 Å². The minimum atomic E-state index is -0.905. The van der Waals surface area contributed by atoms with Crippen LogP contribution in [0.4, 0.5) is 8.78 Å². The van der Waals surface area contributed by atoms with E-state index in [1.807, 2.05) is 6.92 Å². The molecule has 2 N–H and O–H groups in total. The Hall–Kier alpha value is -2.02. The fourth-order valence-electron chi connectivity index (χ4n) is 5.28. The Morgan fingerprint density at radius 3 is 2.53 bits per heavy atom. The van der Waals surface area contributed by atoms with Gasteiger partial charge in [-0.2, -0.15) is 0 Å². The predicted molar refractivity (Wildman–Crippen MR) is 118 cm³/mol. The molecule has 4 atom stereocenters. The van der Waals surface area contributed by atoms with Gasteiger partial charge in [0.15, 0.2) is 0 Å². The molecule has 172 valence electrons. The summed E-state index contributed by atoms with van der Waals surface area (Å²) in [7, 11) is 0. The number of rotatable bonds is 5. The summed E-state index contributed by atoms with van der Waals surface area (Å²) in [4.78, 5) is 14.8. The lowest BCUT2D eigenvalue weighted by atomic mass is 9.83. The summed E-state index contributed by atoms with van der Waals surface area (Å²) in [6, 6.07) is 6.40. The van der Waals surface area contributed by atoms with Crippen LogP contribution in [0.15, 0.2) is 30.3 Å². The number of carbonyl (C=O) groups is 1. The summed E-state index contributed by atoms with van der Waals surface area (Å²) in [6.07, 6.45) is 0.775. The van der Waals surface area contributed by atoms with Crippen molar-refractivity contribution in [3.05, 3.63) is 69.2 Å². The van der Waals surface area contributed by atoms with E-state index in [0.29, 0.717) is 18.4 Å². The van der Waals surface area contributed by atoms with Crippen molar-refractivity contribution in [3.63, 3.8) is 0 Å². The molecule has 4 nitrogen and oxygen atoms in total. The van der Waals surface area contributed by atoms with Crippen molar-refractivity contribution >= 4 is 17.5 Å². The van der Waals surface area contributed by atoms with Gasteiger partial charge in [0.2, 0.25) is 5.91 Å². The van der Waals surface area contributed by atoms with E-state index in [-0.39, 0.29) is 47.2 Å². The summed E-state index contributed by atoms with van der Waals surface area (Å²) < 4.78 is 29.2. The van der Waals surface area contributed by atoms with E-state index in [2.05, 4.69) is 0 Å². The Morgan fingerprint density at radius 1 is 1.22 bits per heavy atom. The van der Waals surface area contributed by atoms with Crippen molar-refractivity contribution in [1.29, 1.82) is 0 Å². The highest BCUT2D eigenvalue weighted by atomic mass is 35.5. The average Bonchev–Trinajstić information content (AvgIpc) is 3.51. The normalized spacial score (nSPS) is 24.9. The topological polar surface area (TPSA) is 60.8 Å². The van der Waals surface area contributed by atoms with Crippen LogP contribution in [0.3, 0.4) is 0 Å². The molecule has 1 aliphatic carbocycles. The van der Waals surface area contributed by atoms with Gasteiger partial charge >= 0.3 is 0 Å². The quantitative estimate of drug-likeness (QED) is 0.684. The molecule has 0 bridgehead atoms. The minimum absolute atomic E-state index is 0.0331. The van der Waals surface area contributed by atoms with Gasteiger partial charge in [0.1, 0.15) is 11.6 Å². The highest BCUT2D eigenvalue weighted by Crippen LogP contribution is 2.56. The van der Waals surface area contributed by atoms with E-state index >= 15 is 0 Å². The zero-order valence-electron chi connectivity index (χ0n) is 18.4. The number of fused-ring (bicyclic) bond motifs is 1. The second kappa shape index (κ2) is 8.40. The maximum absolute atomic E-state index is 14.9. The highest BCUT2D eigenvalue weighted by Gasteiger charge is 2.50. The van der Waals surface area contributed by atoms with E-state index in [0.717, 1.165) is 11.1 Å². The van der Waals surface area contributed by atoms with Crippen molar-refractivity contribution in [2.45, 2.75) is 63.6 Å². The second-order valence-corrected chi connectivity index (χ2v) is 9.93. The minimum Gasteiger partial charge on any atom is -0.394 e. The van der Waals surface area contributed by atoms with Crippen LogP contribution in [0, 0.1) is 17.6 Å². The van der Waals surface area contributed by atoms with E-state index in [1.165, 1.54) is 24.3 Å². The third-order valence-electron chi connectivity index (χ3n) is 7.00. The first-order chi connectivity index (χ1) is 15.0. The lowest BCUT2D eigenvalue weighted by molar-refractivity contribution is -0.137. The number of hydrogen-bond acceptors (Lipinski definition) is 3. The van der Waals surface area contributed by atoms with Gasteiger partial charge < -0.3 is 15.1 Å². The van der Waals surface area contributed by atoms with E-state index in [1.54, 1.807) is 24.8 Å². The number of aliphatic hydroxyl groups is 2. The molecule has 1 amide bonds. The van der Waals surface area contributed by atoms with E-state index in [9.17, 15) is 23.8 Å². The van der Waals surface area contributed by atoms with Crippen molar-refractivity contribution in [2.24, 2.45) is 5.92 Å². The van der Waals surface area contributed by atoms with Crippen LogP contribution in [0.5, 0.6) is 0 Å². The highest BCUT2D eigenvalue weighted by molar-refractivity contribution is 6.31. The Morgan fingerprint density at radius 2 is 1.94 bits per heavy atom. The number of carbonyl (C=O) groups excluding carboxylic acids is 1. The molecule has 2 aromatic carbocycles. The molecule has 1 fully saturated rings. The monoisotopic (exact) mass is 463 g/mol. The van der Waals surface area contributed by atoms with Crippen molar-refractivity contribution in [1.82, 2.24) is 4.90 Å². The van der Waals surface area contributed by atoms with Crippen molar-refractivity contribution < 1.29 is 23.8 Å². The summed E-state index contributed by atoms with van der Waals surface area (Å²) in [5.74, 6) is -1.33. The zero-order chi connectivity index (χ0) is 23.4. The van der Waals surface area contributed by atoms with Crippen LogP contribution in [-0.4, -0.2) is 39.3 Å². The summed E-state index contributed by atoms with van der Waals surface area (Å²) in [6.45, 7) is 5.01. The summed E-state index contributed by atoms with van der Waals surface area (Å²) in [5, 5.41) is 20.7. The molecule has 1 aliphatic heterocycles. The molecule has 7 heteroatoms. The number of aliphatic hydroxyl groups excluding tert-OH is 1. The lowest BCUT2D eigenvalue weighted by Gasteiger charge is -2.42. The lowest BCUT2D eigenvalue weighted by Crippen LogP contribution is -2.49. The summed E-state index contributed by atoms with van der Waals surface area (Å²) in [5.41, 5.74) is 1.43. The first-order valence-corrected chi connectivity index (χ1v) is 11.3. The first kappa shape index (κ1) is 23.1. The third-order valence-corrected chi connectivity index (χ3v) is 7.35. The van der Waals surface area contributed by atoms with Gasteiger partial charge in [-0.25, -0.2) is 8.78 Å². The smallest absolute Gasteiger partial charge is 0.228 e. The van der Waals surface area contributed by atoms with Gasteiger partial charge in [0.05, 0.1) is 30.7 Å². The maximum atomic E-state index is 14.9. The third kappa shape index (κ3) is 4.04. The second-order valence-electron chi connectivity index (χ2n) is 9.53. The van der Waals surface area contributed by atoms with Crippen LogP contribution >= 0.6 is 11.6 Å². The molecule has 1 saturated carbocycles. The molecule has 2 aliphatic rings. The van der Waals surface area contributed by atoms with Gasteiger partial charge in [-0.3, -0.25) is 4.79 Å². The van der Waals surface area contributed by atoms with Crippen molar-refractivity contribution in [3.8, 4) is 0 Å². The molecule has 1 heterocycles. The molecule has 2 unspecified atom stereocenters. The van der Waals surface area contributed by atoms with Gasteiger partial charge in [-0.1, -0.05) is 23.7 Å². The van der Waals surface area contributed by atoms with Gasteiger partial charge in [-0.05, 0) is 80.3 Å². The fourth-order valence-corrected chi connectivity index (χ4v) is 5.51. The molecule has 0 spiro atoms. The number of halogens is 3. The molecule has 0 radical (unpaired) electrons. The number of benzene rings is 2. The van der Waals surface area contributed by atoms with Crippen LogP contribution in [0.1, 0.15) is 61.4 Å². The van der Waals surface area contributed by atoms with Crippen LogP contribution in [0.2, 0.25) is 5.02 Å². The van der Waals surface area contributed by atoms with Crippen LogP contribution in [-0.2, 0) is 17.6 Å². The summed E-state index contributed by atoms with van der Waals surface area (Å²) >= 11 is 6.11. The van der Waals surface area contributed by atoms with Gasteiger partial charge in [0.25, 0.3) is 0 Å². The Balaban J connectivity index is 1.68. The number of nitrogens with zero attached hydrogens (tertiary/aromatic N) is 1. The average molecular weight is 464 g/mol. The molecule has 0 aromatic heterocycles. The standard InChI is InChI=1S/C25H28ClF2NO3/c1-13-15-7-8-22(28)24(17-10-19(17)25(2,3)32)16(15)9-14(12-30)29(13)23(31)11-18-20(26)5-4-6-21(18)27/h4-8,13-14,17,19,30,32H,9-12H2,1-3H3/t13-,14+,17?,19?/m0/s1. The Kier molecular flexibility index (Phi) is 6.07. The molecule has 2 aromatic rings. The zero-order valence-corrected chi connectivity index (χ0v) is 19.2. The first-order valence-electron chi connectivity index (χ1n) is 10.9. The molecular formula is C25H28ClF2NO3. The molecular weight excluding hydrogens is 436 g/mol. The SMILES string of the molecule is C[C@H]1c2ccc(F)c(C3CC3C(C)(C)O)c2C[C@H](CO)N1C(=O)Cc1c(F)cccc1Cl. The Bertz CT molecular complexity index is 1030. The molecule has 32 heavy (non-hydrogen) atoms. The largest absolute Gasteiger partial charge is 0.394 e. The van der Waals surface area contributed by atoms with Crippen LogP contribution < -0.4 is 0 Å². The van der Waals surface area contributed by atoms with Crippen molar-refractivity contribution in [2.75, 3.05) is 6.61 Å². The number of amides is 1. The predicted octanol–water partition coefficient (Wildman–Crippen LogP) is 4.54. The molecule has 4 rings (SSSR count). The van der Waals surface area contributed by atoms with Gasteiger partial charge in [-0.15, -0.1) is 0 Å². The molecule has 0 saturated heterocycles. The maximum Gasteiger partial charge on any atom is 0.228 e. The van der Waals surface area contributed by atoms with Crippen LogP contribution in [0.25, 0.3) is 0 Å². The number of hydrogen-bond donors (Lipinski definition) is 2. The fraction of sp³-hybridized carbons (Fsp3) is 0.480. The van der Waals surface area contributed by atoms with Gasteiger partial charge in [0, 0.05) is 10.6 Å². The van der Waals surface area contributed by atoms with E-state index < -0.39 is 23.5 Å².